The minimum atomic E-state index is 0. The molecule has 2 aliphatic rings. The zero-order chi connectivity index (χ0) is 19.9. The van der Waals surface area contributed by atoms with Gasteiger partial charge in [0.15, 0.2) is 0 Å². The summed E-state index contributed by atoms with van der Waals surface area (Å²) in [7, 11) is 0. The number of carbonyl (C=O) groups is 1. The van der Waals surface area contributed by atoms with E-state index in [1.54, 1.807) is 0 Å². The topological polar surface area (TPSA) is 59.4 Å². The molecule has 1 aromatic rings. The third kappa shape index (κ3) is 6.62. The molecule has 0 aromatic heterocycles. The highest BCUT2D eigenvalue weighted by molar-refractivity contribution is 5.85. The van der Waals surface area contributed by atoms with Crippen LogP contribution in [0.3, 0.4) is 0 Å². The number of nitrogens with zero attached hydrogens (tertiary/aromatic N) is 3. The van der Waals surface area contributed by atoms with Crippen LogP contribution in [0.4, 0.5) is 4.79 Å². The van der Waals surface area contributed by atoms with Crippen LogP contribution >= 0.6 is 12.4 Å². The number of benzene rings is 1. The first-order chi connectivity index (χ1) is 13.6. The molecule has 2 fully saturated rings. The Kier molecular flexibility index (Phi) is 9.26. The maximum Gasteiger partial charge on any atom is 0.317 e. The third-order valence-electron chi connectivity index (χ3n) is 6.14. The predicted octanol–water partition coefficient (Wildman–Crippen LogP) is 4.55. The molecule has 2 heterocycles. The zero-order valence-electron chi connectivity index (χ0n) is 17.8. The van der Waals surface area contributed by atoms with Gasteiger partial charge in [-0.3, -0.25) is 4.90 Å². The van der Waals surface area contributed by atoms with E-state index in [1.165, 1.54) is 18.4 Å². The maximum atomic E-state index is 12.8. The van der Waals surface area contributed by atoms with E-state index in [-0.39, 0.29) is 24.5 Å². The Hall–Kier alpha value is -1.77. The summed E-state index contributed by atoms with van der Waals surface area (Å²) in [5.41, 5.74) is 1.99. The molecule has 6 heteroatoms. The van der Waals surface area contributed by atoms with Crippen LogP contribution in [-0.4, -0.2) is 47.5 Å². The van der Waals surface area contributed by atoms with Gasteiger partial charge in [0.25, 0.3) is 0 Å². The van der Waals surface area contributed by atoms with E-state index < -0.39 is 0 Å². The van der Waals surface area contributed by atoms with Gasteiger partial charge in [-0.15, -0.1) is 12.4 Å². The average Bonchev–Trinajstić information content (AvgIpc) is 2.95. The molecule has 3 rings (SSSR count). The molecule has 0 bridgehead atoms. The van der Waals surface area contributed by atoms with E-state index in [9.17, 15) is 4.79 Å². The largest absolute Gasteiger partial charge is 0.336 e. The van der Waals surface area contributed by atoms with Crippen molar-refractivity contribution < 1.29 is 4.79 Å². The van der Waals surface area contributed by atoms with Crippen molar-refractivity contribution in [2.45, 2.75) is 71.0 Å². The molecule has 1 atom stereocenters. The number of urea groups is 1. The normalized spacial score (nSPS) is 21.2. The number of likely N-dealkylation sites (tertiary alicyclic amines) is 2. The van der Waals surface area contributed by atoms with Crippen LogP contribution in [0.25, 0.3) is 0 Å². The fourth-order valence-corrected chi connectivity index (χ4v) is 4.64. The van der Waals surface area contributed by atoms with Crippen LogP contribution in [0.2, 0.25) is 0 Å². The summed E-state index contributed by atoms with van der Waals surface area (Å²) in [6.07, 6.45) is 7.06. The standard InChI is InChI=1S/C23H34N4O.ClH/c1-18(2)25-23(28)27-13-5-3-4-6-22(27)21-11-14-26(15-12-21)17-20-9-7-19(16-24)8-10-20;/h7-10,18,21-22H,3-6,11-15,17H2,1-2H3,(H,25,28);1H. The van der Waals surface area contributed by atoms with Gasteiger partial charge in [0.1, 0.15) is 0 Å². The molecule has 2 aliphatic heterocycles. The Labute approximate surface area is 181 Å². The highest BCUT2D eigenvalue weighted by Crippen LogP contribution is 2.30. The van der Waals surface area contributed by atoms with Gasteiger partial charge >= 0.3 is 6.03 Å². The van der Waals surface area contributed by atoms with Crippen LogP contribution in [0.5, 0.6) is 0 Å². The van der Waals surface area contributed by atoms with E-state index >= 15 is 0 Å². The molecule has 5 nitrogen and oxygen atoms in total. The van der Waals surface area contributed by atoms with Crippen molar-refractivity contribution >= 4 is 18.4 Å². The number of rotatable bonds is 4. The Morgan fingerprint density at radius 1 is 1.10 bits per heavy atom. The molecule has 0 aliphatic carbocycles. The highest BCUT2D eigenvalue weighted by atomic mass is 35.5. The molecule has 160 valence electrons. The second-order valence-corrected chi connectivity index (χ2v) is 8.64. The van der Waals surface area contributed by atoms with Crippen LogP contribution in [0, 0.1) is 17.2 Å². The molecule has 29 heavy (non-hydrogen) atoms. The highest BCUT2D eigenvalue weighted by Gasteiger charge is 2.34. The lowest BCUT2D eigenvalue weighted by molar-refractivity contribution is 0.0974. The number of nitriles is 1. The average molecular weight is 419 g/mol. The monoisotopic (exact) mass is 418 g/mol. The molecule has 2 saturated heterocycles. The van der Waals surface area contributed by atoms with Gasteiger partial charge in [-0.25, -0.2) is 4.79 Å². The minimum absolute atomic E-state index is 0. The molecule has 0 saturated carbocycles. The molecular formula is C23H35ClN4O. The van der Waals surface area contributed by atoms with E-state index in [1.807, 2.05) is 26.0 Å². The molecular weight excluding hydrogens is 384 g/mol. The van der Waals surface area contributed by atoms with Crippen molar-refractivity contribution in [1.82, 2.24) is 15.1 Å². The number of hydrogen-bond donors (Lipinski definition) is 1. The lowest BCUT2D eigenvalue weighted by Crippen LogP contribution is -2.52. The summed E-state index contributed by atoms with van der Waals surface area (Å²) < 4.78 is 0. The van der Waals surface area contributed by atoms with Crippen LogP contribution in [0.1, 0.15) is 63.5 Å². The van der Waals surface area contributed by atoms with Gasteiger partial charge in [0.05, 0.1) is 11.6 Å². The second kappa shape index (κ2) is 11.4. The Bertz CT molecular complexity index is 677. The quantitative estimate of drug-likeness (QED) is 0.779. The fourth-order valence-electron chi connectivity index (χ4n) is 4.64. The number of nitrogens with one attached hydrogen (secondary N) is 1. The number of carbonyl (C=O) groups excluding carboxylic acids is 1. The summed E-state index contributed by atoms with van der Waals surface area (Å²) in [5.74, 6) is 0.605. The molecule has 2 amide bonds. The van der Waals surface area contributed by atoms with Crippen LogP contribution in [-0.2, 0) is 6.54 Å². The van der Waals surface area contributed by atoms with E-state index in [0.29, 0.717) is 12.0 Å². The van der Waals surface area contributed by atoms with Crippen LogP contribution in [0.15, 0.2) is 24.3 Å². The molecule has 1 N–H and O–H groups in total. The first kappa shape index (κ1) is 23.5. The summed E-state index contributed by atoms with van der Waals surface area (Å²) in [4.78, 5) is 17.4. The molecule has 1 unspecified atom stereocenters. The van der Waals surface area contributed by atoms with E-state index in [2.05, 4.69) is 33.3 Å². The third-order valence-corrected chi connectivity index (χ3v) is 6.14. The van der Waals surface area contributed by atoms with Crippen molar-refractivity contribution in [3.63, 3.8) is 0 Å². The van der Waals surface area contributed by atoms with E-state index in [4.69, 9.17) is 5.26 Å². The van der Waals surface area contributed by atoms with Gasteiger partial charge < -0.3 is 10.2 Å². The predicted molar refractivity (Wildman–Crippen MR) is 119 cm³/mol. The Morgan fingerprint density at radius 3 is 2.41 bits per heavy atom. The maximum absolute atomic E-state index is 12.8. The van der Waals surface area contributed by atoms with Gasteiger partial charge in [-0.05, 0) is 76.2 Å². The van der Waals surface area contributed by atoms with Gasteiger partial charge in [-0.2, -0.15) is 5.26 Å². The minimum Gasteiger partial charge on any atom is -0.336 e. The van der Waals surface area contributed by atoms with Crippen molar-refractivity contribution in [3.8, 4) is 6.07 Å². The van der Waals surface area contributed by atoms with Crippen molar-refractivity contribution in [1.29, 1.82) is 5.26 Å². The summed E-state index contributed by atoms with van der Waals surface area (Å²) in [6.45, 7) is 8.08. The number of halogens is 1. The summed E-state index contributed by atoms with van der Waals surface area (Å²) >= 11 is 0. The van der Waals surface area contributed by atoms with Crippen molar-refractivity contribution in [2.24, 2.45) is 5.92 Å². The summed E-state index contributed by atoms with van der Waals surface area (Å²) in [5, 5.41) is 12.1. The Balaban J connectivity index is 0.00000300. The number of hydrogen-bond acceptors (Lipinski definition) is 3. The van der Waals surface area contributed by atoms with Gasteiger partial charge in [0, 0.05) is 25.2 Å². The zero-order valence-corrected chi connectivity index (χ0v) is 18.6. The fraction of sp³-hybridized carbons (Fsp3) is 0.652. The first-order valence-electron chi connectivity index (χ1n) is 10.9. The number of amides is 2. The van der Waals surface area contributed by atoms with Crippen LogP contribution < -0.4 is 5.32 Å². The van der Waals surface area contributed by atoms with Gasteiger partial charge in [-0.1, -0.05) is 25.0 Å². The molecule has 1 aromatic carbocycles. The summed E-state index contributed by atoms with van der Waals surface area (Å²) in [6, 6.07) is 10.8. The SMILES string of the molecule is CC(C)NC(=O)N1CCCCCC1C1CCN(Cc2ccc(C#N)cc2)CC1.Cl. The Morgan fingerprint density at radius 2 is 1.79 bits per heavy atom. The number of piperidine rings is 1. The lowest BCUT2D eigenvalue weighted by atomic mass is 9.86. The van der Waals surface area contributed by atoms with Gasteiger partial charge in [0.2, 0.25) is 0 Å². The van der Waals surface area contributed by atoms with Crippen molar-refractivity contribution in [3.05, 3.63) is 35.4 Å². The molecule has 0 spiro atoms. The smallest absolute Gasteiger partial charge is 0.317 e. The lowest BCUT2D eigenvalue weighted by Gasteiger charge is -2.41. The second-order valence-electron chi connectivity index (χ2n) is 8.64. The first-order valence-corrected chi connectivity index (χ1v) is 10.9. The molecule has 0 radical (unpaired) electrons. The van der Waals surface area contributed by atoms with Crippen molar-refractivity contribution in [2.75, 3.05) is 19.6 Å². The van der Waals surface area contributed by atoms with E-state index in [0.717, 1.165) is 57.4 Å².